The summed E-state index contributed by atoms with van der Waals surface area (Å²) in [6.07, 6.45) is 11.3. The molecule has 0 unspecified atom stereocenters. The Morgan fingerprint density at radius 2 is 1.05 bits per heavy atom. The van der Waals surface area contributed by atoms with Crippen LogP contribution in [0.1, 0.15) is 77.3 Å². The van der Waals surface area contributed by atoms with Gasteiger partial charge in [-0.2, -0.15) is 0 Å². The Morgan fingerprint density at radius 3 is 1.50 bits per heavy atom. The van der Waals surface area contributed by atoms with Crippen LogP contribution in [0.2, 0.25) is 0 Å². The second kappa shape index (κ2) is 25.0. The van der Waals surface area contributed by atoms with Crippen molar-refractivity contribution in [1.29, 1.82) is 0 Å². The number of allylic oxidation sites excluding steroid dienone is 4. The van der Waals surface area contributed by atoms with Crippen LogP contribution in [0.5, 0.6) is 23.0 Å². The van der Waals surface area contributed by atoms with E-state index in [0.29, 0.717) is 71.0 Å². The molecule has 3 heterocycles. The van der Waals surface area contributed by atoms with E-state index in [1.165, 1.54) is 25.9 Å². The Morgan fingerprint density at radius 1 is 0.629 bits per heavy atom. The van der Waals surface area contributed by atoms with Crippen LogP contribution in [0.4, 0.5) is 0 Å². The minimum atomic E-state index is -0.290. The van der Waals surface area contributed by atoms with E-state index < -0.39 is 0 Å². The van der Waals surface area contributed by atoms with Crippen molar-refractivity contribution in [2.75, 3.05) is 140 Å². The second-order valence-electron chi connectivity index (χ2n) is 18.5. The molecule has 0 saturated carbocycles. The third-order valence-corrected chi connectivity index (χ3v) is 12.3. The molecule has 1 N–H and O–H groups in total. The van der Waals surface area contributed by atoms with E-state index in [0.717, 1.165) is 115 Å². The van der Waals surface area contributed by atoms with Gasteiger partial charge in [0.25, 0.3) is 0 Å². The number of nitrogens with zero attached hydrogens (tertiary/aromatic N) is 6. The highest BCUT2D eigenvalue weighted by Crippen LogP contribution is 2.42. The molecule has 346 valence electrons. The van der Waals surface area contributed by atoms with Gasteiger partial charge in [-0.1, -0.05) is 23.3 Å². The number of methoxy groups -OCH3 is 1. The number of hydrogen-bond acceptors (Lipinski definition) is 12. The van der Waals surface area contributed by atoms with Gasteiger partial charge in [-0.3, -0.25) is 4.79 Å². The zero-order chi connectivity index (χ0) is 44.6. The van der Waals surface area contributed by atoms with Crippen LogP contribution in [-0.4, -0.2) is 175 Å². The van der Waals surface area contributed by atoms with E-state index in [2.05, 4.69) is 69.7 Å². The topological polar surface area (TPSA) is 97.6 Å². The summed E-state index contributed by atoms with van der Waals surface area (Å²) in [5.41, 5.74) is 3.92. The lowest BCUT2D eigenvalue weighted by Gasteiger charge is -2.34. The molecule has 0 bridgehead atoms. The molecule has 0 radical (unpaired) electrons. The number of hydrogen-bond donors (Lipinski definition) is 1. The minimum absolute atomic E-state index is 0.0905. The van der Waals surface area contributed by atoms with Crippen molar-refractivity contribution in [3.63, 3.8) is 0 Å². The molecular formula is C50H80N6O6. The molecule has 0 atom stereocenters. The first kappa shape index (κ1) is 49.4. The smallest absolute Gasteiger partial charge is 0.204 e. The van der Waals surface area contributed by atoms with Crippen molar-refractivity contribution in [3.05, 3.63) is 56.8 Å². The summed E-state index contributed by atoms with van der Waals surface area (Å²) in [7, 11) is 10.2. The molecule has 12 heteroatoms. The number of phenols is 1. The maximum Gasteiger partial charge on any atom is 0.204 e. The van der Waals surface area contributed by atoms with Crippen molar-refractivity contribution in [2.24, 2.45) is 0 Å². The van der Waals surface area contributed by atoms with Crippen molar-refractivity contribution in [3.8, 4) is 23.0 Å². The van der Waals surface area contributed by atoms with E-state index in [1.54, 1.807) is 19.2 Å². The highest BCUT2D eigenvalue weighted by atomic mass is 16.5. The van der Waals surface area contributed by atoms with Gasteiger partial charge in [0.05, 0.1) is 25.7 Å². The maximum absolute atomic E-state index is 14.6. The van der Waals surface area contributed by atoms with E-state index in [-0.39, 0.29) is 16.6 Å². The first-order valence-corrected chi connectivity index (χ1v) is 23.4. The van der Waals surface area contributed by atoms with Crippen LogP contribution in [0.3, 0.4) is 0 Å². The summed E-state index contributed by atoms with van der Waals surface area (Å²) >= 11 is 0. The van der Waals surface area contributed by atoms with Gasteiger partial charge in [-0.25, -0.2) is 0 Å². The molecule has 2 fully saturated rings. The monoisotopic (exact) mass is 861 g/mol. The van der Waals surface area contributed by atoms with Crippen LogP contribution in [0, 0.1) is 0 Å². The summed E-state index contributed by atoms with van der Waals surface area (Å²) in [5, 5.41) is 12.5. The number of benzene rings is 2. The zero-order valence-corrected chi connectivity index (χ0v) is 40.0. The Hall–Kier alpha value is -3.65. The molecular weight excluding hydrogens is 781 g/mol. The average molecular weight is 861 g/mol. The predicted octanol–water partition coefficient (Wildman–Crippen LogP) is 7.13. The lowest BCUT2D eigenvalue weighted by molar-refractivity contribution is 0.126. The average Bonchev–Trinajstić information content (AvgIpc) is 3.22. The molecule has 2 aromatic carbocycles. The summed E-state index contributed by atoms with van der Waals surface area (Å²) in [4.78, 5) is 29.4. The van der Waals surface area contributed by atoms with Crippen molar-refractivity contribution in [2.45, 2.75) is 79.1 Å². The Bertz CT molecular complexity index is 1970. The van der Waals surface area contributed by atoms with Gasteiger partial charge in [0, 0.05) is 75.6 Å². The lowest BCUT2D eigenvalue weighted by Crippen LogP contribution is -2.47. The SMILES string of the molecule is COc1c(OCCCCN2CCN(CCCN(C)C)CC2)cc2oc3cc(OCCCCN4CCN(CCCN(C)C)CC4)c(CC=C(C)C)c(O)c3c(=O)c2c1CC=C(C)C. The third kappa shape index (κ3) is 14.7. The van der Waals surface area contributed by atoms with Gasteiger partial charge in [-0.05, 0) is 147 Å². The van der Waals surface area contributed by atoms with Crippen LogP contribution in [0.25, 0.3) is 21.9 Å². The van der Waals surface area contributed by atoms with Crippen LogP contribution in [-0.2, 0) is 12.8 Å². The van der Waals surface area contributed by atoms with Gasteiger partial charge in [0.1, 0.15) is 28.1 Å². The highest BCUT2D eigenvalue weighted by Gasteiger charge is 2.25. The largest absolute Gasteiger partial charge is 0.507 e. The molecule has 2 aliphatic rings. The minimum Gasteiger partial charge on any atom is -0.507 e. The van der Waals surface area contributed by atoms with Gasteiger partial charge in [0.15, 0.2) is 11.5 Å². The number of piperazine rings is 2. The first-order chi connectivity index (χ1) is 29.8. The predicted molar refractivity (Wildman–Crippen MR) is 256 cm³/mol. The Balaban J connectivity index is 1.29. The Labute approximate surface area is 373 Å². The summed E-state index contributed by atoms with van der Waals surface area (Å²) in [6, 6.07) is 3.58. The second-order valence-corrected chi connectivity index (χ2v) is 18.5. The maximum atomic E-state index is 14.6. The first-order valence-electron chi connectivity index (χ1n) is 23.4. The highest BCUT2D eigenvalue weighted by molar-refractivity contribution is 5.98. The lowest BCUT2D eigenvalue weighted by atomic mass is 9.98. The summed E-state index contributed by atoms with van der Waals surface area (Å²) < 4.78 is 25.5. The molecule has 0 aliphatic carbocycles. The molecule has 3 aromatic rings. The number of unbranched alkanes of at least 4 members (excludes halogenated alkanes) is 2. The molecule has 5 rings (SSSR count). The van der Waals surface area contributed by atoms with Gasteiger partial charge in [0.2, 0.25) is 5.43 Å². The zero-order valence-electron chi connectivity index (χ0n) is 40.0. The molecule has 1 aromatic heterocycles. The van der Waals surface area contributed by atoms with Crippen LogP contribution < -0.4 is 19.6 Å². The third-order valence-electron chi connectivity index (χ3n) is 12.3. The normalized spacial score (nSPS) is 15.9. The fourth-order valence-corrected chi connectivity index (χ4v) is 8.60. The number of rotatable bonds is 25. The summed E-state index contributed by atoms with van der Waals surface area (Å²) in [5.74, 6) is 1.53. The van der Waals surface area contributed by atoms with Crippen LogP contribution in [0.15, 0.2) is 44.6 Å². The van der Waals surface area contributed by atoms with E-state index in [9.17, 15) is 9.90 Å². The van der Waals surface area contributed by atoms with Gasteiger partial charge < -0.3 is 53.1 Å². The molecule has 0 spiro atoms. The van der Waals surface area contributed by atoms with E-state index >= 15 is 0 Å². The van der Waals surface area contributed by atoms with Crippen molar-refractivity contribution < 1.29 is 23.7 Å². The van der Waals surface area contributed by atoms with Gasteiger partial charge >= 0.3 is 0 Å². The summed E-state index contributed by atoms with van der Waals surface area (Å²) in [6.45, 7) is 24.8. The van der Waals surface area contributed by atoms with E-state index in [1.807, 2.05) is 27.7 Å². The molecule has 2 saturated heterocycles. The molecule has 2 aliphatic heterocycles. The fourth-order valence-electron chi connectivity index (χ4n) is 8.60. The number of fused-ring (bicyclic) bond motifs is 2. The van der Waals surface area contributed by atoms with Gasteiger partial charge in [-0.15, -0.1) is 0 Å². The number of ether oxygens (including phenoxy) is 3. The van der Waals surface area contributed by atoms with Crippen LogP contribution >= 0.6 is 0 Å². The fraction of sp³-hybridized carbons (Fsp3) is 0.660. The molecule has 12 nitrogen and oxygen atoms in total. The van der Waals surface area contributed by atoms with E-state index in [4.69, 9.17) is 18.6 Å². The standard InChI is InChI=1S/C50H80N6O6/c1-38(2)16-18-40-42(60-34-12-10-22-53-26-30-55(31-27-53)24-14-20-51(5)6)36-44-47(48(40)57)49(58)46-41(19-17-39(3)4)50(59-9)45(37-43(46)62-44)61-35-13-11-23-54-28-32-56(33-29-54)25-15-21-52(7)8/h16-17,36-37,57H,10-15,18-35H2,1-9H3. The molecule has 62 heavy (non-hydrogen) atoms. The number of phenolic OH excluding ortho intramolecular Hbond substituents is 1. The number of aromatic hydroxyl groups is 1. The Kier molecular flexibility index (Phi) is 19.9. The quantitative estimate of drug-likeness (QED) is 0.0534. The molecule has 0 amide bonds. The van der Waals surface area contributed by atoms with Crippen molar-refractivity contribution >= 4 is 21.9 Å². The van der Waals surface area contributed by atoms with Crippen molar-refractivity contribution in [1.82, 2.24) is 29.4 Å².